The number of amides is 2. The van der Waals surface area contributed by atoms with E-state index in [1.165, 1.54) is 51.3 Å². The lowest BCUT2D eigenvalue weighted by Crippen LogP contribution is -2.88. The van der Waals surface area contributed by atoms with Gasteiger partial charge in [-0.15, -0.1) is 0 Å². The molecular weight excluding hydrogens is 580 g/mol. The number of hydrogen-bond donors (Lipinski definition) is 0. The van der Waals surface area contributed by atoms with E-state index in [-0.39, 0.29) is 17.1 Å². The molecule has 4 unspecified atom stereocenters. The number of benzene rings is 2. The number of carbonyl (C=O) groups excluding carboxylic acids is 5. The number of likely N-dealkylation sites (N-methyl/N-ethyl adjacent to an activating group) is 1. The number of rotatable bonds is 4. The number of carbonyl (C=O) groups is 5. The van der Waals surface area contributed by atoms with Crippen LogP contribution in [0.1, 0.15) is 73.4 Å². The van der Waals surface area contributed by atoms with Crippen LogP contribution < -0.4 is 9.80 Å². The molecule has 3 heterocycles. The number of ether oxygens (including phenoxy) is 4. The van der Waals surface area contributed by atoms with E-state index in [0.29, 0.717) is 22.5 Å². The van der Waals surface area contributed by atoms with Crippen LogP contribution in [0.25, 0.3) is 11.1 Å². The van der Waals surface area contributed by atoms with Crippen LogP contribution in [0.5, 0.6) is 0 Å². The highest BCUT2D eigenvalue weighted by atomic mass is 16.7. The monoisotopic (exact) mass is 618 g/mol. The fourth-order valence-corrected chi connectivity index (χ4v) is 7.39. The number of para-hydroxylation sites is 2. The smallest absolute Gasteiger partial charge is 0.303 e. The van der Waals surface area contributed by atoms with Gasteiger partial charge in [-0.1, -0.05) is 36.4 Å². The molecule has 4 atom stereocenters. The molecule has 3 aliphatic heterocycles. The molecule has 0 aliphatic carbocycles. The van der Waals surface area contributed by atoms with E-state index in [1.54, 1.807) is 70.3 Å². The molecule has 2 aromatic carbocycles. The van der Waals surface area contributed by atoms with Crippen molar-refractivity contribution in [3.8, 4) is 0 Å². The van der Waals surface area contributed by atoms with Crippen molar-refractivity contribution in [1.29, 1.82) is 0 Å². The minimum atomic E-state index is -2.02. The van der Waals surface area contributed by atoms with Crippen molar-refractivity contribution in [2.75, 3.05) is 16.8 Å². The van der Waals surface area contributed by atoms with Crippen LogP contribution in [0.2, 0.25) is 0 Å². The Hall–Kier alpha value is -4.51. The Morgan fingerprint density at radius 3 is 1.58 bits per heavy atom. The van der Waals surface area contributed by atoms with Gasteiger partial charge in [0.05, 0.1) is 22.5 Å². The molecule has 238 valence electrons. The maximum absolute atomic E-state index is 15.0. The minimum absolute atomic E-state index is 0.141. The number of esters is 3. The van der Waals surface area contributed by atoms with Gasteiger partial charge in [0, 0.05) is 38.9 Å². The third-order valence-corrected chi connectivity index (χ3v) is 9.91. The minimum Gasteiger partial charge on any atom is -0.452 e. The molecule has 45 heavy (non-hydrogen) atoms. The van der Waals surface area contributed by atoms with E-state index in [1.807, 2.05) is 6.07 Å². The second kappa shape index (κ2) is 10.00. The lowest BCUT2D eigenvalue weighted by atomic mass is 9.59. The van der Waals surface area contributed by atoms with Gasteiger partial charge < -0.3 is 23.8 Å². The van der Waals surface area contributed by atoms with E-state index in [9.17, 15) is 24.0 Å². The SMILES string of the molecule is CC(=O)OC1(C)C(C)(C)OC(C)(N2C(=O)C(=C3C(=O)N(C)c4ccccc43)c3ccccc32)C(C)(OC(C)=O)C1(C)OC(C)=O. The van der Waals surface area contributed by atoms with Crippen molar-refractivity contribution in [2.45, 2.75) is 90.4 Å². The Morgan fingerprint density at radius 2 is 1.04 bits per heavy atom. The number of anilines is 2. The molecule has 0 aromatic heterocycles. The van der Waals surface area contributed by atoms with Crippen molar-refractivity contribution >= 4 is 52.2 Å². The normalized spacial score (nSPS) is 31.8. The number of nitrogens with zero attached hydrogens (tertiary/aromatic N) is 2. The van der Waals surface area contributed by atoms with Crippen LogP contribution in [-0.2, 0) is 42.9 Å². The van der Waals surface area contributed by atoms with Gasteiger partial charge >= 0.3 is 17.9 Å². The highest BCUT2D eigenvalue weighted by Crippen LogP contribution is 2.61. The molecule has 0 spiro atoms. The Kier molecular flexibility index (Phi) is 7.09. The predicted octanol–water partition coefficient (Wildman–Crippen LogP) is 4.41. The van der Waals surface area contributed by atoms with Crippen molar-refractivity contribution in [1.82, 2.24) is 0 Å². The zero-order valence-corrected chi connectivity index (χ0v) is 27.2. The van der Waals surface area contributed by atoms with Crippen LogP contribution in [0.15, 0.2) is 48.5 Å². The molecular formula is C34H38N2O9. The number of fused-ring (bicyclic) bond motifs is 2. The van der Waals surface area contributed by atoms with Gasteiger partial charge in [-0.2, -0.15) is 0 Å². The molecule has 1 saturated heterocycles. The van der Waals surface area contributed by atoms with Crippen LogP contribution in [0, 0.1) is 0 Å². The lowest BCUT2D eigenvalue weighted by Gasteiger charge is -2.68. The van der Waals surface area contributed by atoms with Gasteiger partial charge in [0.2, 0.25) is 0 Å². The summed E-state index contributed by atoms with van der Waals surface area (Å²) in [4.78, 5) is 69.8. The van der Waals surface area contributed by atoms with Crippen molar-refractivity contribution in [2.24, 2.45) is 0 Å². The summed E-state index contributed by atoms with van der Waals surface area (Å²) < 4.78 is 24.9. The van der Waals surface area contributed by atoms with E-state index < -0.39 is 51.9 Å². The maximum Gasteiger partial charge on any atom is 0.303 e. The Bertz CT molecular complexity index is 1710. The molecule has 0 radical (unpaired) electrons. The second-order valence-corrected chi connectivity index (χ2v) is 12.8. The second-order valence-electron chi connectivity index (χ2n) is 12.8. The van der Waals surface area contributed by atoms with Gasteiger partial charge in [0.25, 0.3) is 11.8 Å². The summed E-state index contributed by atoms with van der Waals surface area (Å²) in [7, 11) is 1.64. The fraction of sp³-hybridized carbons (Fsp3) is 0.441. The lowest BCUT2D eigenvalue weighted by molar-refractivity contribution is -0.392. The Labute approximate surface area is 262 Å². The first-order valence-corrected chi connectivity index (χ1v) is 14.6. The van der Waals surface area contributed by atoms with E-state index >= 15 is 0 Å². The van der Waals surface area contributed by atoms with Gasteiger partial charge in [0.1, 0.15) is 5.60 Å². The summed E-state index contributed by atoms with van der Waals surface area (Å²) in [5.74, 6) is -3.17. The van der Waals surface area contributed by atoms with Gasteiger partial charge in [-0.3, -0.25) is 28.9 Å². The van der Waals surface area contributed by atoms with Gasteiger partial charge in [-0.25, -0.2) is 0 Å². The van der Waals surface area contributed by atoms with Crippen LogP contribution in [0.3, 0.4) is 0 Å². The average molecular weight is 619 g/mol. The zero-order chi connectivity index (χ0) is 33.5. The van der Waals surface area contributed by atoms with Crippen LogP contribution in [-0.4, -0.2) is 64.9 Å². The average Bonchev–Trinajstić information content (AvgIpc) is 3.35. The molecule has 2 amide bonds. The summed E-state index contributed by atoms with van der Waals surface area (Å²) in [6.07, 6.45) is 0. The molecule has 0 N–H and O–H groups in total. The molecule has 2 aromatic rings. The summed E-state index contributed by atoms with van der Waals surface area (Å²) in [5, 5.41) is 0. The van der Waals surface area contributed by atoms with Crippen molar-refractivity contribution < 1.29 is 42.9 Å². The third kappa shape index (κ3) is 4.09. The Balaban J connectivity index is 1.85. The van der Waals surface area contributed by atoms with Crippen molar-refractivity contribution in [3.05, 3.63) is 59.7 Å². The molecule has 1 fully saturated rings. The summed E-state index contributed by atoms with van der Waals surface area (Å²) in [6.45, 7) is 12.9. The number of hydrogen-bond acceptors (Lipinski definition) is 9. The highest BCUT2D eigenvalue weighted by Gasteiger charge is 2.81. The maximum atomic E-state index is 15.0. The summed E-state index contributed by atoms with van der Waals surface area (Å²) in [6, 6.07) is 14.1. The quantitative estimate of drug-likeness (QED) is 0.278. The predicted molar refractivity (Wildman–Crippen MR) is 165 cm³/mol. The molecule has 0 bridgehead atoms. The van der Waals surface area contributed by atoms with E-state index in [0.717, 1.165) is 0 Å². The first kappa shape index (κ1) is 31.9. The van der Waals surface area contributed by atoms with E-state index in [2.05, 4.69) is 0 Å². The first-order valence-electron chi connectivity index (χ1n) is 14.6. The zero-order valence-electron chi connectivity index (χ0n) is 27.2. The molecule has 3 aliphatic rings. The topological polar surface area (TPSA) is 129 Å². The van der Waals surface area contributed by atoms with Gasteiger partial charge in [0.15, 0.2) is 22.5 Å². The highest BCUT2D eigenvalue weighted by molar-refractivity contribution is 6.50. The molecule has 0 saturated carbocycles. The van der Waals surface area contributed by atoms with Crippen LogP contribution in [0.4, 0.5) is 11.4 Å². The summed E-state index contributed by atoms with van der Waals surface area (Å²) >= 11 is 0. The summed E-state index contributed by atoms with van der Waals surface area (Å²) in [5.41, 5.74) is -6.67. The van der Waals surface area contributed by atoms with Gasteiger partial charge in [-0.05, 0) is 53.7 Å². The molecule has 11 nitrogen and oxygen atoms in total. The van der Waals surface area contributed by atoms with Crippen molar-refractivity contribution in [3.63, 3.8) is 0 Å². The van der Waals surface area contributed by atoms with E-state index in [4.69, 9.17) is 18.9 Å². The Morgan fingerprint density at radius 1 is 0.622 bits per heavy atom. The third-order valence-electron chi connectivity index (χ3n) is 9.91. The fourth-order valence-electron chi connectivity index (χ4n) is 7.39. The largest absolute Gasteiger partial charge is 0.452 e. The molecule has 5 rings (SSSR count). The standard InChI is InChI=1S/C34H38N2O9/c1-19(37)42-31(6)30(4,5)45-34(9,33(8,44-21(3)39)32(31,7)43-20(2)38)36-25-18-14-12-16-23(25)27(29(36)41)26-22-15-11-13-17-24(22)35(10)28(26)40/h11-18H,1-10H3. The molecule has 11 heteroatoms. The van der Waals surface area contributed by atoms with Crippen LogP contribution >= 0.6 is 0 Å². The first-order chi connectivity index (χ1) is 20.8.